The quantitative estimate of drug-likeness (QED) is 0.509. The summed E-state index contributed by atoms with van der Waals surface area (Å²) in [5, 5.41) is 11.8. The molecule has 2 aromatic rings. The maximum atomic E-state index is 8.69. The number of oxime groups is 1. The first-order valence-electron chi connectivity index (χ1n) is 5.62. The zero-order chi connectivity index (χ0) is 12.8. The smallest absolute Gasteiger partial charge is 0.214 e. The van der Waals surface area contributed by atoms with Gasteiger partial charge < -0.3 is 9.94 Å². The van der Waals surface area contributed by atoms with Crippen LogP contribution in [0.3, 0.4) is 0 Å². The van der Waals surface area contributed by atoms with Crippen molar-refractivity contribution in [3.8, 4) is 5.88 Å². The Bertz CT molecular complexity index is 539. The van der Waals surface area contributed by atoms with Crippen LogP contribution in [-0.2, 0) is 6.61 Å². The molecule has 0 bridgehead atoms. The number of benzene rings is 1. The molecule has 0 atom stereocenters. The Balaban J connectivity index is 2.06. The fourth-order valence-corrected chi connectivity index (χ4v) is 1.48. The average molecular weight is 242 g/mol. The van der Waals surface area contributed by atoms with Crippen LogP contribution in [0, 0.1) is 0 Å². The highest BCUT2D eigenvalue weighted by Crippen LogP contribution is 2.11. The summed E-state index contributed by atoms with van der Waals surface area (Å²) in [5.41, 5.74) is 2.14. The van der Waals surface area contributed by atoms with Crippen molar-refractivity contribution in [3.63, 3.8) is 0 Å². The maximum absolute atomic E-state index is 8.69. The van der Waals surface area contributed by atoms with Crippen molar-refractivity contribution in [3.05, 3.63) is 59.8 Å². The summed E-state index contributed by atoms with van der Waals surface area (Å²) < 4.78 is 5.58. The topological polar surface area (TPSA) is 54.7 Å². The third-order valence-corrected chi connectivity index (χ3v) is 2.47. The Labute approximate surface area is 106 Å². The van der Waals surface area contributed by atoms with Gasteiger partial charge in [0.05, 0.1) is 5.69 Å². The van der Waals surface area contributed by atoms with Gasteiger partial charge in [0.2, 0.25) is 5.88 Å². The van der Waals surface area contributed by atoms with Crippen molar-refractivity contribution < 1.29 is 9.94 Å². The van der Waals surface area contributed by atoms with Crippen molar-refractivity contribution >= 4 is 5.71 Å². The van der Waals surface area contributed by atoms with Gasteiger partial charge in [0.1, 0.15) is 12.3 Å². The predicted molar refractivity (Wildman–Crippen MR) is 69.0 cm³/mol. The molecular weight excluding hydrogens is 228 g/mol. The van der Waals surface area contributed by atoms with Gasteiger partial charge in [-0.25, -0.2) is 4.98 Å². The van der Waals surface area contributed by atoms with E-state index in [4.69, 9.17) is 9.94 Å². The number of pyridine rings is 1. The predicted octanol–water partition coefficient (Wildman–Crippen LogP) is 2.86. The molecule has 1 N–H and O–H groups in total. The molecule has 1 aromatic heterocycles. The van der Waals surface area contributed by atoms with Crippen LogP contribution in [0.25, 0.3) is 0 Å². The van der Waals surface area contributed by atoms with E-state index in [0.717, 1.165) is 5.56 Å². The summed E-state index contributed by atoms with van der Waals surface area (Å²) >= 11 is 0. The van der Waals surface area contributed by atoms with Gasteiger partial charge in [-0.05, 0) is 18.6 Å². The van der Waals surface area contributed by atoms with Crippen LogP contribution in [0.2, 0.25) is 0 Å². The minimum absolute atomic E-state index is 0.458. The fraction of sp³-hybridized carbons (Fsp3) is 0.143. The third kappa shape index (κ3) is 3.07. The molecular formula is C14H14N2O2. The van der Waals surface area contributed by atoms with Gasteiger partial charge >= 0.3 is 0 Å². The number of hydrogen-bond acceptors (Lipinski definition) is 4. The molecule has 0 aliphatic rings. The molecule has 0 aliphatic carbocycles. The molecule has 1 aromatic carbocycles. The van der Waals surface area contributed by atoms with Gasteiger partial charge in [-0.2, -0.15) is 0 Å². The molecule has 1 heterocycles. The highest BCUT2D eigenvalue weighted by Gasteiger charge is 2.02. The van der Waals surface area contributed by atoms with Crippen LogP contribution in [-0.4, -0.2) is 15.9 Å². The van der Waals surface area contributed by atoms with Gasteiger partial charge in [-0.3, -0.25) is 0 Å². The van der Waals surface area contributed by atoms with Crippen molar-refractivity contribution in [2.24, 2.45) is 5.16 Å². The Hall–Kier alpha value is -2.36. The lowest BCUT2D eigenvalue weighted by Gasteiger charge is -2.06. The van der Waals surface area contributed by atoms with E-state index >= 15 is 0 Å². The summed E-state index contributed by atoms with van der Waals surface area (Å²) in [7, 11) is 0. The molecule has 18 heavy (non-hydrogen) atoms. The summed E-state index contributed by atoms with van der Waals surface area (Å²) in [6, 6.07) is 15.2. The first-order valence-corrected chi connectivity index (χ1v) is 5.62. The van der Waals surface area contributed by atoms with E-state index < -0.39 is 0 Å². The number of aromatic nitrogens is 1. The second kappa shape index (κ2) is 5.82. The first-order chi connectivity index (χ1) is 8.79. The number of hydrogen-bond donors (Lipinski definition) is 1. The average Bonchev–Trinajstić information content (AvgIpc) is 2.45. The van der Waals surface area contributed by atoms with Gasteiger partial charge in [0.25, 0.3) is 0 Å². The molecule has 0 fully saturated rings. The van der Waals surface area contributed by atoms with Crippen LogP contribution in [0.1, 0.15) is 18.2 Å². The summed E-state index contributed by atoms with van der Waals surface area (Å²) in [6.07, 6.45) is 0. The molecule has 0 radical (unpaired) electrons. The Kier molecular flexibility index (Phi) is 3.91. The van der Waals surface area contributed by atoms with E-state index in [1.807, 2.05) is 36.4 Å². The molecule has 4 nitrogen and oxygen atoms in total. The van der Waals surface area contributed by atoms with Crippen LogP contribution >= 0.6 is 0 Å². The normalized spacial score (nSPS) is 11.3. The zero-order valence-electron chi connectivity index (χ0n) is 10.1. The van der Waals surface area contributed by atoms with E-state index in [0.29, 0.717) is 23.9 Å². The Morgan fingerprint density at radius 3 is 2.67 bits per heavy atom. The van der Waals surface area contributed by atoms with E-state index in [1.165, 1.54) is 0 Å². The largest absolute Gasteiger partial charge is 0.473 e. The van der Waals surface area contributed by atoms with Crippen LogP contribution in [0.5, 0.6) is 5.88 Å². The van der Waals surface area contributed by atoms with Crippen LogP contribution in [0.15, 0.2) is 53.7 Å². The Morgan fingerprint density at radius 2 is 1.94 bits per heavy atom. The second-order valence-electron chi connectivity index (χ2n) is 3.82. The van der Waals surface area contributed by atoms with Gasteiger partial charge in [-0.1, -0.05) is 41.6 Å². The van der Waals surface area contributed by atoms with E-state index in [-0.39, 0.29) is 0 Å². The zero-order valence-corrected chi connectivity index (χ0v) is 10.1. The van der Waals surface area contributed by atoms with Crippen LogP contribution in [0.4, 0.5) is 0 Å². The molecule has 0 amide bonds. The lowest BCUT2D eigenvalue weighted by Crippen LogP contribution is -2.02. The summed E-state index contributed by atoms with van der Waals surface area (Å²) in [5.74, 6) is 0.513. The molecule has 0 spiro atoms. The Morgan fingerprint density at radius 1 is 1.17 bits per heavy atom. The second-order valence-corrected chi connectivity index (χ2v) is 3.82. The van der Waals surface area contributed by atoms with Crippen molar-refractivity contribution in [1.82, 2.24) is 4.98 Å². The first kappa shape index (κ1) is 12.1. The lowest BCUT2D eigenvalue weighted by molar-refractivity contribution is 0.293. The minimum atomic E-state index is 0.458. The number of ether oxygens (including phenoxy) is 1. The summed E-state index contributed by atoms with van der Waals surface area (Å²) in [6.45, 7) is 2.15. The number of rotatable bonds is 4. The molecule has 2 rings (SSSR count). The SMILES string of the molecule is CC(=NO)c1cccc(OCc2ccccc2)n1. The van der Waals surface area contributed by atoms with Crippen LogP contribution < -0.4 is 4.74 Å². The number of nitrogens with zero attached hydrogens (tertiary/aromatic N) is 2. The third-order valence-electron chi connectivity index (χ3n) is 2.47. The lowest BCUT2D eigenvalue weighted by atomic mass is 10.2. The standard InChI is InChI=1S/C14H14N2O2/c1-11(16-17)13-8-5-9-14(15-13)18-10-12-6-3-2-4-7-12/h2-9,17H,10H2,1H3. The summed E-state index contributed by atoms with van der Waals surface area (Å²) in [4.78, 5) is 4.25. The molecule has 0 saturated carbocycles. The molecule has 92 valence electrons. The van der Waals surface area contributed by atoms with Gasteiger partial charge in [-0.15, -0.1) is 0 Å². The van der Waals surface area contributed by atoms with Crippen molar-refractivity contribution in [2.45, 2.75) is 13.5 Å². The van der Waals surface area contributed by atoms with E-state index in [2.05, 4.69) is 10.1 Å². The van der Waals surface area contributed by atoms with Crippen molar-refractivity contribution in [1.29, 1.82) is 0 Å². The highest BCUT2D eigenvalue weighted by atomic mass is 16.5. The van der Waals surface area contributed by atoms with E-state index in [9.17, 15) is 0 Å². The van der Waals surface area contributed by atoms with E-state index in [1.54, 1.807) is 19.1 Å². The maximum Gasteiger partial charge on any atom is 0.214 e. The fourth-order valence-electron chi connectivity index (χ4n) is 1.48. The van der Waals surface area contributed by atoms with Gasteiger partial charge in [0.15, 0.2) is 0 Å². The molecule has 4 heteroatoms. The van der Waals surface area contributed by atoms with Gasteiger partial charge in [0, 0.05) is 6.07 Å². The molecule has 0 saturated heterocycles. The highest BCUT2D eigenvalue weighted by molar-refractivity contribution is 5.96. The van der Waals surface area contributed by atoms with Crippen molar-refractivity contribution in [2.75, 3.05) is 0 Å². The molecule has 0 unspecified atom stereocenters. The monoisotopic (exact) mass is 242 g/mol. The minimum Gasteiger partial charge on any atom is -0.473 e. The molecule has 0 aliphatic heterocycles.